The van der Waals surface area contributed by atoms with Crippen LogP contribution in [-0.4, -0.2) is 36.5 Å². The van der Waals surface area contributed by atoms with E-state index in [2.05, 4.69) is 4.98 Å². The van der Waals surface area contributed by atoms with Crippen molar-refractivity contribution in [1.29, 1.82) is 0 Å². The summed E-state index contributed by atoms with van der Waals surface area (Å²) in [6, 6.07) is 16.9. The molecule has 35 heavy (non-hydrogen) atoms. The van der Waals surface area contributed by atoms with Gasteiger partial charge in [-0.3, -0.25) is 14.5 Å². The number of aliphatic hydroxyl groups is 1. The highest BCUT2D eigenvalue weighted by molar-refractivity contribution is 7.90. The zero-order chi connectivity index (χ0) is 24.9. The van der Waals surface area contributed by atoms with E-state index < -0.39 is 39.1 Å². The molecule has 176 valence electrons. The number of Topliss-reactive ketones (excluding diaryl/α,β-unsaturated/α-hetero) is 1. The van der Waals surface area contributed by atoms with E-state index in [1.165, 1.54) is 36.4 Å². The lowest BCUT2D eigenvalue weighted by Gasteiger charge is -2.24. The van der Waals surface area contributed by atoms with E-state index in [-0.39, 0.29) is 26.7 Å². The molecule has 1 atom stereocenters. The van der Waals surface area contributed by atoms with Gasteiger partial charge in [0.25, 0.3) is 5.91 Å². The Kier molecular flexibility index (Phi) is 5.49. The first kappa shape index (κ1) is 22.9. The fourth-order valence-electron chi connectivity index (χ4n) is 4.00. The van der Waals surface area contributed by atoms with Crippen LogP contribution in [-0.2, 0) is 14.6 Å². The van der Waals surface area contributed by atoms with E-state index in [4.69, 9.17) is 0 Å². The first-order chi connectivity index (χ1) is 16.7. The molecule has 0 saturated carbocycles. The third-order valence-corrected chi connectivity index (χ3v) is 7.80. The fourth-order valence-corrected chi connectivity index (χ4v) is 5.75. The number of amides is 1. The third kappa shape index (κ3) is 3.90. The Labute approximate surface area is 203 Å². The maximum Gasteiger partial charge on any atom is 0.296 e. The van der Waals surface area contributed by atoms with E-state index in [0.717, 1.165) is 22.5 Å². The van der Waals surface area contributed by atoms with Crippen LogP contribution in [0.15, 0.2) is 89.0 Å². The lowest BCUT2D eigenvalue weighted by Crippen LogP contribution is -2.31. The fraction of sp³-hybridized carbons (Fsp3) is 0.0800. The predicted molar refractivity (Wildman–Crippen MR) is 130 cm³/mol. The summed E-state index contributed by atoms with van der Waals surface area (Å²) in [6.45, 7) is 0. The van der Waals surface area contributed by atoms with E-state index in [1.807, 2.05) is 0 Å². The molecule has 1 aliphatic heterocycles. The van der Waals surface area contributed by atoms with Gasteiger partial charge in [-0.2, -0.15) is 0 Å². The molecule has 1 aromatic heterocycles. The maximum atomic E-state index is 15.0. The average molecular weight is 509 g/mol. The summed E-state index contributed by atoms with van der Waals surface area (Å²) in [5, 5.41) is 10.9. The number of benzene rings is 3. The van der Waals surface area contributed by atoms with Crippen LogP contribution in [0.1, 0.15) is 22.0 Å². The third-order valence-electron chi connectivity index (χ3n) is 5.67. The molecule has 7 nitrogen and oxygen atoms in total. The monoisotopic (exact) mass is 508 g/mol. The van der Waals surface area contributed by atoms with Crippen LogP contribution in [0.4, 0.5) is 9.52 Å². The summed E-state index contributed by atoms with van der Waals surface area (Å²) in [5.41, 5.74) is 0.398. The molecule has 4 aromatic rings. The summed E-state index contributed by atoms with van der Waals surface area (Å²) in [5.74, 6) is -2.97. The number of anilines is 1. The smallest absolute Gasteiger partial charge is 0.296 e. The second-order valence-electron chi connectivity index (χ2n) is 7.95. The Bertz CT molecular complexity index is 1640. The molecule has 2 heterocycles. The number of rotatable bonds is 5. The number of carbonyl (C=O) groups is 2. The number of hydrogen-bond donors (Lipinski definition) is 1. The average Bonchev–Trinajstić information content (AvgIpc) is 3.37. The van der Waals surface area contributed by atoms with Crippen molar-refractivity contribution in [2.75, 3.05) is 11.2 Å². The Morgan fingerprint density at radius 1 is 1.06 bits per heavy atom. The van der Waals surface area contributed by atoms with Gasteiger partial charge in [0.2, 0.25) is 0 Å². The first-order valence-corrected chi connectivity index (χ1v) is 13.1. The lowest BCUT2D eigenvalue weighted by atomic mass is 9.92. The van der Waals surface area contributed by atoms with E-state index in [9.17, 15) is 27.5 Å². The number of aliphatic hydroxyl groups excluding tert-OH is 1. The van der Waals surface area contributed by atoms with Gasteiger partial charge in [-0.15, -0.1) is 0 Å². The van der Waals surface area contributed by atoms with Gasteiger partial charge in [0.05, 0.1) is 20.7 Å². The topological polar surface area (TPSA) is 105 Å². The van der Waals surface area contributed by atoms with Crippen LogP contribution in [0.25, 0.3) is 10.2 Å². The highest BCUT2D eigenvalue weighted by Gasteiger charge is 2.46. The van der Waals surface area contributed by atoms with Crippen molar-refractivity contribution in [3.05, 3.63) is 101 Å². The predicted octanol–water partition coefficient (Wildman–Crippen LogP) is 4.62. The zero-order valence-corrected chi connectivity index (χ0v) is 19.8. The summed E-state index contributed by atoms with van der Waals surface area (Å²) < 4.78 is 39.4. The SMILES string of the molecule is CS(=O)(=O)c1ccc2nc(N3C(=O)C(O)=C(C(=O)c4ccccc4)C3c3ccccc3F)sc2c1. The molecule has 0 fully saturated rings. The minimum atomic E-state index is -3.48. The number of halogens is 1. The van der Waals surface area contributed by atoms with Crippen LogP contribution in [0, 0.1) is 5.82 Å². The van der Waals surface area contributed by atoms with Gasteiger partial charge in [0.1, 0.15) is 11.9 Å². The number of fused-ring (bicyclic) bond motifs is 1. The molecule has 1 amide bonds. The molecule has 3 aromatic carbocycles. The number of carbonyl (C=O) groups excluding carboxylic acids is 2. The number of sulfone groups is 1. The van der Waals surface area contributed by atoms with Crippen molar-refractivity contribution in [3.63, 3.8) is 0 Å². The maximum absolute atomic E-state index is 15.0. The quantitative estimate of drug-likeness (QED) is 0.395. The molecule has 1 aliphatic rings. The lowest BCUT2D eigenvalue weighted by molar-refractivity contribution is -0.117. The molecule has 1 unspecified atom stereocenters. The van der Waals surface area contributed by atoms with Crippen LogP contribution >= 0.6 is 11.3 Å². The van der Waals surface area contributed by atoms with Crippen molar-refractivity contribution in [2.45, 2.75) is 10.9 Å². The Morgan fingerprint density at radius 3 is 2.43 bits per heavy atom. The standard InChI is InChI=1S/C25H17FN2O5S2/c1-35(32,33)15-11-12-18-19(13-15)34-25(27-18)28-21(16-9-5-6-10-17(16)26)20(23(30)24(28)31)22(29)14-7-3-2-4-8-14/h2-13,21,30H,1H3. The Balaban J connectivity index is 1.69. The Morgan fingerprint density at radius 2 is 1.74 bits per heavy atom. The molecular weight excluding hydrogens is 491 g/mol. The van der Waals surface area contributed by atoms with Crippen molar-refractivity contribution in [1.82, 2.24) is 4.98 Å². The minimum absolute atomic E-state index is 0.0141. The summed E-state index contributed by atoms with van der Waals surface area (Å²) in [6.07, 6.45) is 1.08. The normalized spacial score (nSPS) is 16.3. The second-order valence-corrected chi connectivity index (χ2v) is 11.0. The number of nitrogens with zero attached hydrogens (tertiary/aromatic N) is 2. The van der Waals surface area contributed by atoms with Crippen molar-refractivity contribution >= 4 is 48.2 Å². The molecule has 0 spiro atoms. The van der Waals surface area contributed by atoms with E-state index in [1.54, 1.807) is 36.4 Å². The summed E-state index contributed by atoms with van der Waals surface area (Å²) in [4.78, 5) is 32.3. The number of aromatic nitrogens is 1. The number of hydrogen-bond acceptors (Lipinski definition) is 7. The van der Waals surface area contributed by atoms with Gasteiger partial charge in [0, 0.05) is 17.4 Å². The molecule has 0 radical (unpaired) electrons. The molecule has 0 bridgehead atoms. The van der Waals surface area contributed by atoms with Gasteiger partial charge >= 0.3 is 0 Å². The van der Waals surface area contributed by atoms with Crippen LogP contribution < -0.4 is 4.90 Å². The van der Waals surface area contributed by atoms with Crippen molar-refractivity contribution in [2.24, 2.45) is 0 Å². The highest BCUT2D eigenvalue weighted by Crippen LogP contribution is 2.44. The minimum Gasteiger partial charge on any atom is -0.503 e. The molecule has 5 rings (SSSR count). The summed E-state index contributed by atoms with van der Waals surface area (Å²) in [7, 11) is -3.48. The Hall–Kier alpha value is -3.89. The second kappa shape index (κ2) is 8.40. The van der Waals surface area contributed by atoms with Gasteiger partial charge in [-0.05, 0) is 24.3 Å². The number of thiazole rings is 1. The van der Waals surface area contributed by atoms with Gasteiger partial charge < -0.3 is 5.11 Å². The van der Waals surface area contributed by atoms with Crippen LogP contribution in [0.5, 0.6) is 0 Å². The van der Waals surface area contributed by atoms with Crippen LogP contribution in [0.2, 0.25) is 0 Å². The van der Waals surface area contributed by atoms with Gasteiger partial charge in [-0.1, -0.05) is 59.9 Å². The zero-order valence-electron chi connectivity index (χ0n) is 18.2. The molecule has 0 aliphatic carbocycles. The molecule has 0 saturated heterocycles. The van der Waals surface area contributed by atoms with Crippen LogP contribution in [0.3, 0.4) is 0 Å². The van der Waals surface area contributed by atoms with Gasteiger partial charge in [0.15, 0.2) is 26.5 Å². The van der Waals surface area contributed by atoms with E-state index in [0.29, 0.717) is 10.2 Å². The van der Waals surface area contributed by atoms with E-state index >= 15 is 0 Å². The molecular formula is C25H17FN2O5S2. The highest BCUT2D eigenvalue weighted by atomic mass is 32.2. The van der Waals surface area contributed by atoms with Crippen molar-refractivity contribution < 1.29 is 27.5 Å². The molecule has 1 N–H and O–H groups in total. The van der Waals surface area contributed by atoms with Gasteiger partial charge in [-0.25, -0.2) is 17.8 Å². The molecule has 10 heteroatoms. The first-order valence-electron chi connectivity index (χ1n) is 10.4. The number of ketones is 1. The largest absolute Gasteiger partial charge is 0.503 e. The van der Waals surface area contributed by atoms with Crippen molar-refractivity contribution in [3.8, 4) is 0 Å². The summed E-state index contributed by atoms with van der Waals surface area (Å²) >= 11 is 1.00.